The third kappa shape index (κ3) is 1.64. The monoisotopic (exact) mass is 248 g/mol. The molecule has 2 nitrogen and oxygen atoms in total. The Balaban J connectivity index is 1.79. The summed E-state index contributed by atoms with van der Waals surface area (Å²) in [5.41, 5.74) is 0.573. The summed E-state index contributed by atoms with van der Waals surface area (Å²) in [5.74, 6) is 0.810. The molecule has 3 rings (SSSR count). The Bertz CT molecular complexity index is 489. The largest absolute Gasteiger partial charge is 0.489 e. The zero-order chi connectivity index (χ0) is 12.8. The summed E-state index contributed by atoms with van der Waals surface area (Å²) in [7, 11) is 0. The van der Waals surface area contributed by atoms with E-state index in [1.165, 1.54) is 12.1 Å². The summed E-state index contributed by atoms with van der Waals surface area (Å²) in [6.45, 7) is 1.83. The van der Waals surface area contributed by atoms with E-state index >= 15 is 0 Å². The lowest BCUT2D eigenvalue weighted by Crippen LogP contribution is -2.55. The van der Waals surface area contributed by atoms with Crippen LogP contribution in [0.25, 0.3) is 0 Å². The first-order valence-electron chi connectivity index (χ1n) is 6.58. The minimum atomic E-state index is -0.250. The van der Waals surface area contributed by atoms with E-state index in [2.05, 4.69) is 0 Å². The zero-order valence-electron chi connectivity index (χ0n) is 10.5. The molecule has 2 fully saturated rings. The first-order chi connectivity index (χ1) is 8.62. The molecule has 1 atom stereocenters. The molecule has 2 aliphatic carbocycles. The van der Waals surface area contributed by atoms with Crippen molar-refractivity contribution in [2.24, 2.45) is 5.41 Å². The highest BCUT2D eigenvalue weighted by molar-refractivity contribution is 5.92. The third-order valence-corrected chi connectivity index (χ3v) is 4.44. The smallest absolute Gasteiger partial charge is 0.146 e. The number of ketones is 1. The number of ether oxygens (including phenoxy) is 1. The van der Waals surface area contributed by atoms with Crippen molar-refractivity contribution < 1.29 is 13.9 Å². The van der Waals surface area contributed by atoms with Gasteiger partial charge < -0.3 is 4.74 Å². The summed E-state index contributed by atoms with van der Waals surface area (Å²) < 4.78 is 19.0. The summed E-state index contributed by atoms with van der Waals surface area (Å²) in [6, 6.07) is 4.54. The molecular weight excluding hydrogens is 231 g/mol. The molecule has 0 aromatic heterocycles. The molecule has 0 N–H and O–H groups in total. The molecule has 1 spiro atoms. The van der Waals surface area contributed by atoms with Gasteiger partial charge in [0.2, 0.25) is 0 Å². The van der Waals surface area contributed by atoms with Crippen LogP contribution in [0.5, 0.6) is 5.75 Å². The van der Waals surface area contributed by atoms with E-state index in [0.29, 0.717) is 18.0 Å². The number of Topliss-reactive ketones (excluding diaryl/α,β-unsaturated/α-hetero) is 1. The summed E-state index contributed by atoms with van der Waals surface area (Å²) in [4.78, 5) is 11.9. The van der Waals surface area contributed by atoms with Crippen LogP contribution in [0.3, 0.4) is 0 Å². The van der Waals surface area contributed by atoms with Gasteiger partial charge in [-0.2, -0.15) is 0 Å². The van der Waals surface area contributed by atoms with Crippen LogP contribution in [0.2, 0.25) is 0 Å². The van der Waals surface area contributed by atoms with Crippen LogP contribution in [0.1, 0.15) is 37.7 Å². The normalized spacial score (nSPS) is 25.2. The average Bonchev–Trinajstić information content (AvgIpc) is 2.83. The minimum absolute atomic E-state index is 0.00309. The number of carbonyl (C=O) groups excluding carboxylic acids is 1. The Morgan fingerprint density at radius 3 is 2.67 bits per heavy atom. The molecule has 0 saturated heterocycles. The molecule has 0 bridgehead atoms. The average molecular weight is 248 g/mol. The summed E-state index contributed by atoms with van der Waals surface area (Å²) in [6.07, 6.45) is 4.66. The van der Waals surface area contributed by atoms with E-state index < -0.39 is 0 Å². The molecule has 1 aromatic rings. The molecule has 2 aliphatic rings. The second kappa shape index (κ2) is 4.08. The summed E-state index contributed by atoms with van der Waals surface area (Å²) >= 11 is 0. The SMILES string of the molecule is Cc1cc(F)ccc1OC1CC(=O)C12CCCC2. The number of hydrogen-bond acceptors (Lipinski definition) is 2. The Morgan fingerprint density at radius 1 is 1.33 bits per heavy atom. The van der Waals surface area contributed by atoms with Gasteiger partial charge in [-0.3, -0.25) is 4.79 Å². The van der Waals surface area contributed by atoms with Gasteiger partial charge in [0.15, 0.2) is 0 Å². The van der Waals surface area contributed by atoms with Gasteiger partial charge >= 0.3 is 0 Å². The van der Waals surface area contributed by atoms with Gasteiger partial charge in [0.05, 0.1) is 5.41 Å². The Hall–Kier alpha value is -1.38. The number of rotatable bonds is 2. The number of halogens is 1. The van der Waals surface area contributed by atoms with Crippen molar-refractivity contribution in [2.75, 3.05) is 0 Å². The first kappa shape index (κ1) is 11.7. The van der Waals surface area contributed by atoms with Gasteiger partial charge in [-0.1, -0.05) is 12.8 Å². The highest BCUT2D eigenvalue weighted by Crippen LogP contribution is 2.52. The van der Waals surface area contributed by atoms with Gasteiger partial charge in [0.25, 0.3) is 0 Å². The van der Waals surface area contributed by atoms with Crippen molar-refractivity contribution in [3.63, 3.8) is 0 Å². The molecule has 1 unspecified atom stereocenters. The highest BCUT2D eigenvalue weighted by Gasteiger charge is 2.57. The standard InChI is InChI=1S/C15H17FO2/c1-10-8-11(16)4-5-12(10)18-14-9-13(17)15(14)6-2-3-7-15/h4-5,8,14H,2-3,6-7,9H2,1H3. The van der Waals surface area contributed by atoms with Crippen molar-refractivity contribution in [2.45, 2.75) is 45.1 Å². The molecule has 0 amide bonds. The number of benzene rings is 1. The Kier molecular flexibility index (Phi) is 2.65. The lowest BCUT2D eigenvalue weighted by molar-refractivity contribution is -0.151. The molecular formula is C15H17FO2. The Morgan fingerprint density at radius 2 is 2.06 bits per heavy atom. The first-order valence-corrected chi connectivity index (χ1v) is 6.58. The second-order valence-corrected chi connectivity index (χ2v) is 5.51. The molecule has 1 aromatic carbocycles. The topological polar surface area (TPSA) is 26.3 Å². The molecule has 2 saturated carbocycles. The maximum absolute atomic E-state index is 13.0. The van der Waals surface area contributed by atoms with E-state index in [4.69, 9.17) is 4.74 Å². The zero-order valence-corrected chi connectivity index (χ0v) is 10.5. The molecule has 18 heavy (non-hydrogen) atoms. The maximum Gasteiger partial charge on any atom is 0.146 e. The molecule has 96 valence electrons. The van der Waals surface area contributed by atoms with E-state index in [1.54, 1.807) is 6.07 Å². The Labute approximate surface area is 106 Å². The van der Waals surface area contributed by atoms with Crippen molar-refractivity contribution in [3.8, 4) is 5.75 Å². The fraction of sp³-hybridized carbons (Fsp3) is 0.533. The van der Waals surface area contributed by atoms with Crippen molar-refractivity contribution in [3.05, 3.63) is 29.6 Å². The molecule has 0 aliphatic heterocycles. The van der Waals surface area contributed by atoms with E-state index in [1.807, 2.05) is 6.92 Å². The third-order valence-electron chi connectivity index (χ3n) is 4.44. The lowest BCUT2D eigenvalue weighted by atomic mass is 9.63. The van der Waals surface area contributed by atoms with Crippen LogP contribution in [-0.2, 0) is 4.79 Å². The van der Waals surface area contributed by atoms with E-state index in [0.717, 1.165) is 31.2 Å². The molecule has 3 heteroatoms. The van der Waals surface area contributed by atoms with Gasteiger partial charge in [0.1, 0.15) is 23.5 Å². The van der Waals surface area contributed by atoms with Crippen molar-refractivity contribution in [1.82, 2.24) is 0 Å². The van der Waals surface area contributed by atoms with Crippen LogP contribution in [0.4, 0.5) is 4.39 Å². The minimum Gasteiger partial charge on any atom is -0.489 e. The van der Waals surface area contributed by atoms with Crippen molar-refractivity contribution in [1.29, 1.82) is 0 Å². The fourth-order valence-corrected chi connectivity index (χ4v) is 3.27. The van der Waals surface area contributed by atoms with Crippen LogP contribution >= 0.6 is 0 Å². The molecule has 0 radical (unpaired) electrons. The van der Waals surface area contributed by atoms with Crippen LogP contribution < -0.4 is 4.74 Å². The van der Waals surface area contributed by atoms with Gasteiger partial charge in [-0.05, 0) is 43.5 Å². The predicted octanol–water partition coefficient (Wildman–Crippen LogP) is 3.41. The predicted molar refractivity (Wildman–Crippen MR) is 66.1 cm³/mol. The van der Waals surface area contributed by atoms with Gasteiger partial charge in [0, 0.05) is 6.42 Å². The van der Waals surface area contributed by atoms with Crippen LogP contribution in [0.15, 0.2) is 18.2 Å². The highest BCUT2D eigenvalue weighted by atomic mass is 19.1. The quantitative estimate of drug-likeness (QED) is 0.801. The van der Waals surface area contributed by atoms with Gasteiger partial charge in [-0.25, -0.2) is 4.39 Å². The molecule has 0 heterocycles. The van der Waals surface area contributed by atoms with Crippen molar-refractivity contribution >= 4 is 5.78 Å². The second-order valence-electron chi connectivity index (χ2n) is 5.51. The van der Waals surface area contributed by atoms with E-state index in [-0.39, 0.29) is 17.3 Å². The fourth-order valence-electron chi connectivity index (χ4n) is 3.27. The lowest BCUT2D eigenvalue weighted by Gasteiger charge is -2.44. The number of aryl methyl sites for hydroxylation is 1. The maximum atomic E-state index is 13.0. The van der Waals surface area contributed by atoms with Crippen LogP contribution in [0, 0.1) is 18.2 Å². The summed E-state index contributed by atoms with van der Waals surface area (Å²) in [5, 5.41) is 0. The van der Waals surface area contributed by atoms with Gasteiger partial charge in [-0.15, -0.1) is 0 Å². The van der Waals surface area contributed by atoms with E-state index in [9.17, 15) is 9.18 Å². The number of hydrogen-bond donors (Lipinski definition) is 0. The van der Waals surface area contributed by atoms with Crippen LogP contribution in [-0.4, -0.2) is 11.9 Å². The number of carbonyl (C=O) groups is 1.